The molecule has 6 nitrogen and oxygen atoms in total. The smallest absolute Gasteiger partial charge is 0.242 e. The summed E-state index contributed by atoms with van der Waals surface area (Å²) in [5.41, 5.74) is 5.85. The fourth-order valence-electron chi connectivity index (χ4n) is 3.48. The monoisotopic (exact) mass is 453 g/mol. The van der Waals surface area contributed by atoms with Crippen LogP contribution in [-0.4, -0.2) is 47.4 Å². The van der Waals surface area contributed by atoms with Gasteiger partial charge in [-0.15, -0.1) is 0 Å². The molecule has 7 heteroatoms. The zero-order chi connectivity index (χ0) is 23.3. The van der Waals surface area contributed by atoms with Gasteiger partial charge in [-0.1, -0.05) is 36.0 Å². The number of aryl methyl sites for hydroxylation is 4. The molecule has 1 N–H and O–H groups in total. The highest BCUT2D eigenvalue weighted by Crippen LogP contribution is 2.33. The van der Waals surface area contributed by atoms with Crippen molar-refractivity contribution in [1.29, 1.82) is 0 Å². The highest BCUT2D eigenvalue weighted by molar-refractivity contribution is 8.15. The summed E-state index contributed by atoms with van der Waals surface area (Å²) < 4.78 is 5.16. The Kier molecular flexibility index (Phi) is 8.10. The Balaban J connectivity index is 1.78. The molecule has 1 atom stereocenters. The lowest BCUT2D eigenvalue weighted by Gasteiger charge is -2.16. The number of aliphatic imine (C=N–C) groups is 1. The molecule has 1 heterocycles. The number of nitrogens with zero attached hydrogens (tertiary/aromatic N) is 2. The maximum atomic E-state index is 13.2. The van der Waals surface area contributed by atoms with E-state index in [0.29, 0.717) is 24.7 Å². The number of nitrogens with one attached hydrogen (secondary N) is 1. The lowest BCUT2D eigenvalue weighted by molar-refractivity contribution is -0.128. The molecule has 0 aromatic heterocycles. The third-order valence-corrected chi connectivity index (χ3v) is 6.54. The van der Waals surface area contributed by atoms with E-state index in [1.807, 2.05) is 64.1 Å². The lowest BCUT2D eigenvalue weighted by atomic mass is 10.1. The van der Waals surface area contributed by atoms with Gasteiger partial charge < -0.3 is 10.1 Å². The fraction of sp³-hybridized carbons (Fsp3) is 0.400. The molecule has 0 aliphatic carbocycles. The number of benzene rings is 2. The Bertz CT molecular complexity index is 1040. The summed E-state index contributed by atoms with van der Waals surface area (Å²) in [6.07, 6.45) is 0.805. The Morgan fingerprint density at radius 2 is 1.78 bits per heavy atom. The van der Waals surface area contributed by atoms with Crippen molar-refractivity contribution in [3.8, 4) is 0 Å². The van der Waals surface area contributed by atoms with E-state index in [2.05, 4.69) is 5.32 Å². The third kappa shape index (κ3) is 5.99. The molecule has 0 spiro atoms. The largest absolute Gasteiger partial charge is 0.385 e. The van der Waals surface area contributed by atoms with E-state index in [1.54, 1.807) is 12.0 Å². The Hall–Kier alpha value is -2.64. The van der Waals surface area contributed by atoms with E-state index in [-0.39, 0.29) is 18.2 Å². The Morgan fingerprint density at radius 1 is 1.09 bits per heavy atom. The topological polar surface area (TPSA) is 71.0 Å². The van der Waals surface area contributed by atoms with Crippen molar-refractivity contribution in [1.82, 2.24) is 4.90 Å². The van der Waals surface area contributed by atoms with Crippen molar-refractivity contribution in [2.75, 3.05) is 25.6 Å². The molecule has 1 aliphatic heterocycles. The van der Waals surface area contributed by atoms with Crippen LogP contribution in [0.5, 0.6) is 0 Å². The number of anilines is 1. The molecule has 3 rings (SSSR count). The summed E-state index contributed by atoms with van der Waals surface area (Å²) in [5, 5.41) is 3.11. The van der Waals surface area contributed by atoms with E-state index in [0.717, 1.165) is 33.6 Å². The van der Waals surface area contributed by atoms with Gasteiger partial charge in [0, 0.05) is 32.4 Å². The average Bonchev–Trinajstić information content (AvgIpc) is 3.02. The van der Waals surface area contributed by atoms with Crippen LogP contribution < -0.4 is 5.32 Å². The second kappa shape index (κ2) is 10.8. The molecule has 1 aliphatic rings. The van der Waals surface area contributed by atoms with E-state index < -0.39 is 5.25 Å². The first-order chi connectivity index (χ1) is 15.3. The number of hydrogen-bond acceptors (Lipinski definition) is 5. The van der Waals surface area contributed by atoms with E-state index in [4.69, 9.17) is 9.73 Å². The number of amides is 2. The second-order valence-corrected chi connectivity index (χ2v) is 9.37. The second-order valence-electron chi connectivity index (χ2n) is 8.20. The average molecular weight is 454 g/mol. The van der Waals surface area contributed by atoms with Crippen LogP contribution in [0.15, 0.2) is 41.4 Å². The number of amidine groups is 1. The molecule has 1 saturated heterocycles. The van der Waals surface area contributed by atoms with Gasteiger partial charge >= 0.3 is 0 Å². The SMILES string of the molecule is COCCCN1C(=O)C(CC(=O)Nc2cc(C)ccc2C)SC1=Nc1cc(C)ccc1C. The predicted octanol–water partition coefficient (Wildman–Crippen LogP) is 4.92. The van der Waals surface area contributed by atoms with Gasteiger partial charge in [0.15, 0.2) is 5.17 Å². The number of carbonyl (C=O) groups is 2. The molecule has 1 unspecified atom stereocenters. The van der Waals surface area contributed by atoms with Gasteiger partial charge in [-0.2, -0.15) is 0 Å². The minimum absolute atomic E-state index is 0.0775. The molecule has 0 radical (unpaired) electrons. The first-order valence-electron chi connectivity index (χ1n) is 10.8. The molecular weight excluding hydrogens is 422 g/mol. The minimum Gasteiger partial charge on any atom is -0.385 e. The first-order valence-corrected chi connectivity index (χ1v) is 11.7. The van der Waals surface area contributed by atoms with Crippen LogP contribution in [0, 0.1) is 27.7 Å². The van der Waals surface area contributed by atoms with Crippen LogP contribution in [0.3, 0.4) is 0 Å². The standard InChI is InChI=1S/C25H31N3O3S/c1-16-7-9-18(3)20(13-16)26-23(29)15-22-24(30)28(11-6-12-31-5)25(32-22)27-21-14-17(2)8-10-19(21)4/h7-10,13-14,22H,6,11-12,15H2,1-5H3,(H,26,29). The van der Waals surface area contributed by atoms with Crippen LogP contribution in [0.1, 0.15) is 35.1 Å². The van der Waals surface area contributed by atoms with Crippen molar-refractivity contribution >= 4 is 40.1 Å². The molecule has 0 bridgehead atoms. The Labute approximate surface area is 194 Å². The van der Waals surface area contributed by atoms with Gasteiger partial charge in [0.05, 0.1) is 5.69 Å². The lowest BCUT2D eigenvalue weighted by Crippen LogP contribution is -2.34. The molecule has 2 aromatic rings. The quantitative estimate of drug-likeness (QED) is 0.576. The molecular formula is C25H31N3O3S. The van der Waals surface area contributed by atoms with Crippen molar-refractivity contribution in [3.63, 3.8) is 0 Å². The summed E-state index contributed by atoms with van der Waals surface area (Å²) >= 11 is 1.37. The number of methoxy groups -OCH3 is 1. The normalized spacial score (nSPS) is 17.3. The summed E-state index contributed by atoms with van der Waals surface area (Å²) in [7, 11) is 1.64. The van der Waals surface area contributed by atoms with Crippen molar-refractivity contribution in [3.05, 3.63) is 58.7 Å². The van der Waals surface area contributed by atoms with Crippen molar-refractivity contribution < 1.29 is 14.3 Å². The van der Waals surface area contributed by atoms with Crippen LogP contribution in [-0.2, 0) is 14.3 Å². The molecule has 170 valence electrons. The number of rotatable bonds is 8. The molecule has 0 saturated carbocycles. The fourth-order valence-corrected chi connectivity index (χ4v) is 4.66. The van der Waals surface area contributed by atoms with Gasteiger partial charge in [0.1, 0.15) is 5.25 Å². The number of ether oxygens (including phenoxy) is 1. The maximum Gasteiger partial charge on any atom is 0.242 e. The summed E-state index contributed by atoms with van der Waals surface area (Å²) in [5.74, 6) is -0.249. The predicted molar refractivity (Wildman–Crippen MR) is 132 cm³/mol. The zero-order valence-corrected chi connectivity index (χ0v) is 20.2. The van der Waals surface area contributed by atoms with Crippen molar-refractivity contribution in [2.45, 2.75) is 45.8 Å². The molecule has 2 aromatic carbocycles. The number of hydrogen-bond donors (Lipinski definition) is 1. The molecule has 1 fully saturated rings. The molecule has 32 heavy (non-hydrogen) atoms. The summed E-state index contributed by atoms with van der Waals surface area (Å²) in [6.45, 7) is 9.04. The maximum absolute atomic E-state index is 13.2. The highest BCUT2D eigenvalue weighted by Gasteiger charge is 2.39. The number of carbonyl (C=O) groups excluding carboxylic acids is 2. The van der Waals surface area contributed by atoms with Gasteiger partial charge in [-0.25, -0.2) is 4.99 Å². The van der Waals surface area contributed by atoms with Crippen LogP contribution in [0.4, 0.5) is 11.4 Å². The summed E-state index contributed by atoms with van der Waals surface area (Å²) in [4.78, 5) is 32.4. The van der Waals surface area contributed by atoms with E-state index in [1.165, 1.54) is 11.8 Å². The van der Waals surface area contributed by atoms with Crippen LogP contribution in [0.25, 0.3) is 0 Å². The summed E-state index contributed by atoms with van der Waals surface area (Å²) in [6, 6.07) is 12.0. The van der Waals surface area contributed by atoms with Crippen LogP contribution in [0.2, 0.25) is 0 Å². The Morgan fingerprint density at radius 3 is 2.50 bits per heavy atom. The molecule has 2 amide bonds. The first kappa shape index (κ1) is 24.0. The van der Waals surface area contributed by atoms with Gasteiger partial charge in [-0.05, 0) is 68.5 Å². The van der Waals surface area contributed by atoms with Gasteiger partial charge in [-0.3, -0.25) is 14.5 Å². The number of thioether (sulfide) groups is 1. The van der Waals surface area contributed by atoms with Gasteiger partial charge in [0.2, 0.25) is 11.8 Å². The highest BCUT2D eigenvalue weighted by atomic mass is 32.2. The van der Waals surface area contributed by atoms with Gasteiger partial charge in [0.25, 0.3) is 0 Å². The minimum atomic E-state index is -0.494. The van der Waals surface area contributed by atoms with E-state index >= 15 is 0 Å². The van der Waals surface area contributed by atoms with Crippen molar-refractivity contribution in [2.24, 2.45) is 4.99 Å². The third-order valence-electron chi connectivity index (χ3n) is 5.37. The van der Waals surface area contributed by atoms with Crippen LogP contribution >= 0.6 is 11.8 Å². The van der Waals surface area contributed by atoms with E-state index in [9.17, 15) is 9.59 Å². The zero-order valence-electron chi connectivity index (χ0n) is 19.4.